The molecule has 3 aromatic rings. The van der Waals surface area contributed by atoms with E-state index in [-0.39, 0.29) is 11.3 Å². The molecule has 1 aromatic carbocycles. The number of aromatic nitrogens is 2. The van der Waals surface area contributed by atoms with Gasteiger partial charge in [-0.05, 0) is 38.1 Å². The molecule has 7 nitrogen and oxygen atoms in total. The fourth-order valence-electron chi connectivity index (χ4n) is 2.66. The number of carbonyl (C=O) groups is 2. The highest BCUT2D eigenvalue weighted by Crippen LogP contribution is 2.23. The molecule has 2 N–H and O–H groups in total. The second-order valence-corrected chi connectivity index (χ2v) is 5.35. The zero-order valence-electron chi connectivity index (χ0n) is 13.8. The Morgan fingerprint density at radius 1 is 1.24 bits per heavy atom. The van der Waals surface area contributed by atoms with Gasteiger partial charge in [0.2, 0.25) is 0 Å². The molecule has 3 rings (SSSR count). The summed E-state index contributed by atoms with van der Waals surface area (Å²) in [6.07, 6.45) is 1.72. The second kappa shape index (κ2) is 6.64. The maximum atomic E-state index is 12.7. The number of ether oxygens (including phenoxy) is 1. The van der Waals surface area contributed by atoms with Crippen LogP contribution in [-0.2, 0) is 0 Å². The molecule has 0 aliphatic carbocycles. The Bertz CT molecular complexity index is 962. The number of aryl methyl sites for hydroxylation is 1. The van der Waals surface area contributed by atoms with Gasteiger partial charge in [-0.25, -0.2) is 9.78 Å². The summed E-state index contributed by atoms with van der Waals surface area (Å²) >= 11 is 0. The molecule has 0 fully saturated rings. The van der Waals surface area contributed by atoms with Gasteiger partial charge in [0.05, 0.1) is 23.6 Å². The average Bonchev–Trinajstić information content (AvgIpc) is 2.92. The van der Waals surface area contributed by atoms with Crippen LogP contribution in [0, 0.1) is 6.92 Å². The number of nitrogens with one attached hydrogen (secondary N) is 1. The Balaban J connectivity index is 2.03. The molecule has 2 heterocycles. The molecule has 0 saturated heterocycles. The Morgan fingerprint density at radius 3 is 2.72 bits per heavy atom. The minimum atomic E-state index is -1.11. The number of carboxylic acid groups (broad SMARTS) is 1. The zero-order valence-corrected chi connectivity index (χ0v) is 13.8. The van der Waals surface area contributed by atoms with Gasteiger partial charge in [0, 0.05) is 6.20 Å². The highest BCUT2D eigenvalue weighted by Gasteiger charge is 2.20. The van der Waals surface area contributed by atoms with Crippen molar-refractivity contribution < 1.29 is 19.4 Å². The van der Waals surface area contributed by atoms with Crippen molar-refractivity contribution in [1.82, 2.24) is 9.38 Å². The lowest BCUT2D eigenvalue weighted by Crippen LogP contribution is -2.17. The largest absolute Gasteiger partial charge is 0.490 e. The van der Waals surface area contributed by atoms with Crippen molar-refractivity contribution in [3.05, 3.63) is 59.5 Å². The van der Waals surface area contributed by atoms with Crippen LogP contribution in [0.2, 0.25) is 0 Å². The van der Waals surface area contributed by atoms with E-state index in [0.717, 1.165) is 0 Å². The average molecular weight is 339 g/mol. The maximum absolute atomic E-state index is 12.7. The van der Waals surface area contributed by atoms with Gasteiger partial charge in [-0.2, -0.15) is 0 Å². The van der Waals surface area contributed by atoms with Gasteiger partial charge in [-0.1, -0.05) is 12.1 Å². The van der Waals surface area contributed by atoms with E-state index < -0.39 is 11.9 Å². The molecule has 0 spiro atoms. The van der Waals surface area contributed by atoms with Crippen LogP contribution in [0.25, 0.3) is 5.65 Å². The van der Waals surface area contributed by atoms with Gasteiger partial charge in [-0.3, -0.25) is 9.20 Å². The summed E-state index contributed by atoms with van der Waals surface area (Å²) in [5.41, 5.74) is 1.65. The third-order valence-corrected chi connectivity index (χ3v) is 3.71. The van der Waals surface area contributed by atoms with Gasteiger partial charge in [-0.15, -0.1) is 0 Å². The van der Waals surface area contributed by atoms with Crippen LogP contribution in [-0.4, -0.2) is 33.0 Å². The van der Waals surface area contributed by atoms with E-state index in [1.54, 1.807) is 47.9 Å². The Labute approximate surface area is 143 Å². The van der Waals surface area contributed by atoms with Gasteiger partial charge >= 0.3 is 5.97 Å². The highest BCUT2D eigenvalue weighted by atomic mass is 16.5. The minimum absolute atomic E-state index is 0.0253. The van der Waals surface area contributed by atoms with Crippen molar-refractivity contribution >= 4 is 23.2 Å². The normalized spacial score (nSPS) is 10.6. The first-order chi connectivity index (χ1) is 12.0. The number of nitrogens with zero attached hydrogens (tertiary/aromatic N) is 2. The standard InChI is InChI=1S/C18H17N3O4/c1-3-25-14-9-6-10-21-15(11(2)19-16(14)21)17(22)20-13-8-5-4-7-12(13)18(23)24/h4-10H,3H2,1-2H3,(H,20,22)(H,23,24). The smallest absolute Gasteiger partial charge is 0.337 e. The Kier molecular flexibility index (Phi) is 4.38. The van der Waals surface area contributed by atoms with E-state index in [1.807, 2.05) is 6.92 Å². The predicted molar refractivity (Wildman–Crippen MR) is 92.5 cm³/mol. The molecule has 0 aliphatic heterocycles. The maximum Gasteiger partial charge on any atom is 0.337 e. The molecular formula is C18H17N3O4. The van der Waals surface area contributed by atoms with Crippen molar-refractivity contribution in [2.24, 2.45) is 0 Å². The number of para-hydroxylation sites is 1. The summed E-state index contributed by atoms with van der Waals surface area (Å²) in [7, 11) is 0. The van der Waals surface area contributed by atoms with E-state index >= 15 is 0 Å². The number of imidazole rings is 1. The third kappa shape index (κ3) is 3.03. The summed E-state index contributed by atoms with van der Waals surface area (Å²) in [4.78, 5) is 28.5. The van der Waals surface area contributed by atoms with Gasteiger partial charge in [0.25, 0.3) is 5.91 Å². The Morgan fingerprint density at radius 2 is 2.00 bits per heavy atom. The van der Waals surface area contributed by atoms with Gasteiger partial charge < -0.3 is 15.2 Å². The van der Waals surface area contributed by atoms with Crippen LogP contribution in [0.3, 0.4) is 0 Å². The first kappa shape index (κ1) is 16.5. The lowest BCUT2D eigenvalue weighted by Gasteiger charge is -2.09. The first-order valence-corrected chi connectivity index (χ1v) is 7.77. The summed E-state index contributed by atoms with van der Waals surface area (Å²) < 4.78 is 7.18. The number of rotatable bonds is 5. The third-order valence-electron chi connectivity index (χ3n) is 3.71. The minimum Gasteiger partial charge on any atom is -0.490 e. The van der Waals surface area contributed by atoms with Crippen molar-refractivity contribution in [2.75, 3.05) is 11.9 Å². The SMILES string of the molecule is CCOc1cccn2c(C(=O)Nc3ccccc3C(=O)O)c(C)nc12. The molecular weight excluding hydrogens is 322 g/mol. The van der Waals surface area contributed by atoms with Crippen molar-refractivity contribution in [2.45, 2.75) is 13.8 Å². The van der Waals surface area contributed by atoms with Crippen molar-refractivity contribution in [3.8, 4) is 5.75 Å². The van der Waals surface area contributed by atoms with Crippen LogP contribution < -0.4 is 10.1 Å². The molecule has 0 bridgehead atoms. The molecule has 7 heteroatoms. The number of anilines is 1. The van der Waals surface area contributed by atoms with Gasteiger partial charge in [0.1, 0.15) is 5.69 Å². The van der Waals surface area contributed by atoms with E-state index in [9.17, 15) is 14.7 Å². The number of benzene rings is 1. The molecule has 0 radical (unpaired) electrons. The number of hydrogen-bond acceptors (Lipinski definition) is 4. The molecule has 2 aromatic heterocycles. The van der Waals surface area contributed by atoms with Crippen LogP contribution >= 0.6 is 0 Å². The van der Waals surface area contributed by atoms with E-state index in [2.05, 4.69) is 10.3 Å². The summed E-state index contributed by atoms with van der Waals surface area (Å²) in [6, 6.07) is 9.80. The number of carboxylic acids is 1. The lowest BCUT2D eigenvalue weighted by molar-refractivity contribution is 0.0698. The van der Waals surface area contributed by atoms with Crippen LogP contribution in [0.5, 0.6) is 5.75 Å². The van der Waals surface area contributed by atoms with Crippen LogP contribution in [0.15, 0.2) is 42.6 Å². The number of hydrogen-bond donors (Lipinski definition) is 2. The fourth-order valence-corrected chi connectivity index (χ4v) is 2.66. The molecule has 0 atom stereocenters. The molecule has 0 aliphatic rings. The molecule has 0 unspecified atom stereocenters. The van der Waals surface area contributed by atoms with E-state index in [1.165, 1.54) is 6.07 Å². The molecule has 128 valence electrons. The summed E-state index contributed by atoms with van der Waals surface area (Å²) in [5.74, 6) is -0.963. The zero-order chi connectivity index (χ0) is 18.0. The van der Waals surface area contributed by atoms with Crippen molar-refractivity contribution in [1.29, 1.82) is 0 Å². The van der Waals surface area contributed by atoms with Crippen molar-refractivity contribution in [3.63, 3.8) is 0 Å². The topological polar surface area (TPSA) is 92.9 Å². The molecule has 1 amide bonds. The molecule has 25 heavy (non-hydrogen) atoms. The molecule has 0 saturated carbocycles. The van der Waals surface area contributed by atoms with Crippen LogP contribution in [0.1, 0.15) is 33.5 Å². The monoisotopic (exact) mass is 339 g/mol. The summed E-state index contributed by atoms with van der Waals surface area (Å²) in [5, 5.41) is 11.9. The second-order valence-electron chi connectivity index (χ2n) is 5.35. The Hall–Kier alpha value is -3.35. The van der Waals surface area contributed by atoms with E-state index in [0.29, 0.717) is 29.4 Å². The number of fused-ring (bicyclic) bond motifs is 1. The number of aromatic carboxylic acids is 1. The fraction of sp³-hybridized carbons (Fsp3) is 0.167. The van der Waals surface area contributed by atoms with E-state index in [4.69, 9.17) is 4.74 Å². The lowest BCUT2D eigenvalue weighted by atomic mass is 10.1. The number of carbonyl (C=O) groups excluding carboxylic acids is 1. The number of pyridine rings is 1. The van der Waals surface area contributed by atoms with Gasteiger partial charge in [0.15, 0.2) is 11.4 Å². The highest BCUT2D eigenvalue weighted by molar-refractivity contribution is 6.07. The summed E-state index contributed by atoms with van der Waals surface area (Å²) in [6.45, 7) is 4.08. The van der Waals surface area contributed by atoms with Crippen LogP contribution in [0.4, 0.5) is 5.69 Å². The first-order valence-electron chi connectivity index (χ1n) is 7.77. The number of amides is 1. The predicted octanol–water partition coefficient (Wildman–Crippen LogP) is 2.99. The quantitative estimate of drug-likeness (QED) is 0.745.